The van der Waals surface area contributed by atoms with Gasteiger partial charge >= 0.3 is 0 Å². The molecule has 0 aliphatic carbocycles. The fourth-order valence-corrected chi connectivity index (χ4v) is 2.54. The van der Waals surface area contributed by atoms with Crippen molar-refractivity contribution in [2.24, 2.45) is 5.92 Å². The molecule has 0 radical (unpaired) electrons. The highest BCUT2D eigenvalue weighted by molar-refractivity contribution is 5.83. The lowest BCUT2D eigenvalue weighted by Gasteiger charge is -2.22. The van der Waals surface area contributed by atoms with Crippen molar-refractivity contribution in [3.8, 4) is 0 Å². The molecule has 0 heterocycles. The highest BCUT2D eigenvalue weighted by atomic mass is 19.1. The minimum atomic E-state index is -0.267. The Bertz CT molecular complexity index is 595. The van der Waals surface area contributed by atoms with Crippen LogP contribution >= 0.6 is 0 Å². The van der Waals surface area contributed by atoms with E-state index in [0.29, 0.717) is 6.54 Å². The van der Waals surface area contributed by atoms with Crippen molar-refractivity contribution in [3.05, 3.63) is 71.5 Å². The van der Waals surface area contributed by atoms with E-state index in [-0.39, 0.29) is 23.6 Å². The number of hydrogen-bond acceptors (Lipinski definition) is 1. The van der Waals surface area contributed by atoms with Crippen LogP contribution in [0.4, 0.5) is 4.39 Å². The van der Waals surface area contributed by atoms with Gasteiger partial charge in [-0.05, 0) is 29.2 Å². The summed E-state index contributed by atoms with van der Waals surface area (Å²) in [5.74, 6) is -0.149. The van der Waals surface area contributed by atoms with E-state index >= 15 is 0 Å². The molecular formula is C19H22FNO. The van der Waals surface area contributed by atoms with Gasteiger partial charge in [-0.2, -0.15) is 0 Å². The number of carbonyl (C=O) groups excluding carboxylic acids is 1. The van der Waals surface area contributed by atoms with Gasteiger partial charge in [0.2, 0.25) is 5.91 Å². The second kappa shape index (κ2) is 7.74. The van der Waals surface area contributed by atoms with Gasteiger partial charge in [0.25, 0.3) is 0 Å². The Kier molecular flexibility index (Phi) is 5.70. The normalized spacial score (nSPS) is 13.4. The van der Waals surface area contributed by atoms with Gasteiger partial charge in [-0.3, -0.25) is 4.79 Å². The van der Waals surface area contributed by atoms with Gasteiger partial charge in [0.05, 0.1) is 5.92 Å². The second-order valence-electron chi connectivity index (χ2n) is 5.62. The van der Waals surface area contributed by atoms with Crippen LogP contribution in [-0.2, 0) is 11.3 Å². The fourth-order valence-electron chi connectivity index (χ4n) is 2.54. The highest BCUT2D eigenvalue weighted by Gasteiger charge is 2.25. The molecular weight excluding hydrogens is 277 g/mol. The Balaban J connectivity index is 2.07. The van der Waals surface area contributed by atoms with E-state index < -0.39 is 0 Å². The lowest BCUT2D eigenvalue weighted by atomic mass is 9.85. The Morgan fingerprint density at radius 1 is 1.09 bits per heavy atom. The van der Waals surface area contributed by atoms with Gasteiger partial charge in [-0.25, -0.2) is 4.39 Å². The molecule has 0 aliphatic rings. The molecule has 0 fully saturated rings. The van der Waals surface area contributed by atoms with Crippen LogP contribution in [0.3, 0.4) is 0 Å². The molecule has 0 spiro atoms. The molecule has 116 valence electrons. The zero-order valence-electron chi connectivity index (χ0n) is 13.1. The van der Waals surface area contributed by atoms with E-state index in [9.17, 15) is 9.18 Å². The summed E-state index contributed by atoms with van der Waals surface area (Å²) in [5.41, 5.74) is 1.93. The number of nitrogens with one attached hydrogen (secondary N) is 1. The zero-order chi connectivity index (χ0) is 15.9. The van der Waals surface area contributed by atoms with Crippen LogP contribution < -0.4 is 5.32 Å². The Hall–Kier alpha value is -2.16. The van der Waals surface area contributed by atoms with Crippen molar-refractivity contribution in [2.75, 3.05) is 0 Å². The van der Waals surface area contributed by atoms with Crippen molar-refractivity contribution in [2.45, 2.75) is 32.7 Å². The van der Waals surface area contributed by atoms with Crippen molar-refractivity contribution in [3.63, 3.8) is 0 Å². The van der Waals surface area contributed by atoms with Crippen LogP contribution in [-0.4, -0.2) is 5.91 Å². The van der Waals surface area contributed by atoms with Crippen molar-refractivity contribution in [1.29, 1.82) is 0 Å². The van der Waals surface area contributed by atoms with Crippen LogP contribution in [0.25, 0.3) is 0 Å². The minimum Gasteiger partial charge on any atom is -0.351 e. The van der Waals surface area contributed by atoms with E-state index in [1.165, 1.54) is 12.1 Å². The third-order valence-corrected chi connectivity index (χ3v) is 4.03. The van der Waals surface area contributed by atoms with Crippen LogP contribution in [0.2, 0.25) is 0 Å². The number of amides is 1. The van der Waals surface area contributed by atoms with Crippen LogP contribution in [0.15, 0.2) is 54.6 Å². The smallest absolute Gasteiger partial charge is 0.228 e. The Morgan fingerprint density at radius 2 is 1.73 bits per heavy atom. The topological polar surface area (TPSA) is 29.1 Å². The second-order valence-corrected chi connectivity index (χ2v) is 5.62. The predicted molar refractivity (Wildman–Crippen MR) is 86.9 cm³/mol. The molecule has 2 nitrogen and oxygen atoms in total. The van der Waals surface area contributed by atoms with Gasteiger partial charge in [-0.1, -0.05) is 62.7 Å². The summed E-state index contributed by atoms with van der Waals surface area (Å²) in [6.07, 6.45) is 0.934. The summed E-state index contributed by atoms with van der Waals surface area (Å²) in [5, 5.41) is 2.97. The first kappa shape index (κ1) is 16.2. The molecule has 0 aromatic heterocycles. The fraction of sp³-hybridized carbons (Fsp3) is 0.316. The number of halogens is 1. The average Bonchev–Trinajstić information content (AvgIpc) is 2.55. The van der Waals surface area contributed by atoms with Gasteiger partial charge in [0, 0.05) is 6.54 Å². The summed E-state index contributed by atoms with van der Waals surface area (Å²) >= 11 is 0. The molecule has 0 aliphatic heterocycles. The van der Waals surface area contributed by atoms with E-state index in [4.69, 9.17) is 0 Å². The molecule has 2 aromatic carbocycles. The van der Waals surface area contributed by atoms with Gasteiger partial charge < -0.3 is 5.32 Å². The molecule has 2 aromatic rings. The summed E-state index contributed by atoms with van der Waals surface area (Å²) < 4.78 is 12.9. The molecule has 2 unspecified atom stereocenters. The summed E-state index contributed by atoms with van der Waals surface area (Å²) in [4.78, 5) is 12.6. The monoisotopic (exact) mass is 299 g/mol. The first-order valence-electron chi connectivity index (χ1n) is 7.69. The summed E-state index contributed by atoms with van der Waals surface area (Å²) in [6.45, 7) is 4.60. The van der Waals surface area contributed by atoms with Crippen LogP contribution in [0, 0.1) is 11.7 Å². The maximum Gasteiger partial charge on any atom is 0.228 e. The third-order valence-electron chi connectivity index (χ3n) is 4.03. The lowest BCUT2D eigenvalue weighted by Crippen LogP contribution is -2.32. The van der Waals surface area contributed by atoms with E-state index in [1.54, 1.807) is 12.1 Å². The molecule has 2 rings (SSSR count). The molecule has 0 saturated carbocycles. The molecule has 0 saturated heterocycles. The van der Waals surface area contributed by atoms with Gasteiger partial charge in [0.1, 0.15) is 5.82 Å². The summed E-state index contributed by atoms with van der Waals surface area (Å²) in [6, 6.07) is 16.1. The van der Waals surface area contributed by atoms with E-state index in [0.717, 1.165) is 17.5 Å². The van der Waals surface area contributed by atoms with Gasteiger partial charge in [0.15, 0.2) is 0 Å². The highest BCUT2D eigenvalue weighted by Crippen LogP contribution is 2.27. The van der Waals surface area contributed by atoms with E-state index in [2.05, 4.69) is 19.2 Å². The minimum absolute atomic E-state index is 0.0184. The Morgan fingerprint density at radius 3 is 2.32 bits per heavy atom. The molecule has 2 atom stereocenters. The number of rotatable bonds is 6. The SMILES string of the molecule is CCC(C)C(C(=O)NCc1ccc(F)cc1)c1ccccc1. The van der Waals surface area contributed by atoms with Crippen LogP contribution in [0.1, 0.15) is 37.3 Å². The zero-order valence-corrected chi connectivity index (χ0v) is 13.1. The lowest BCUT2D eigenvalue weighted by molar-refractivity contribution is -0.123. The maximum absolute atomic E-state index is 12.9. The first-order valence-corrected chi connectivity index (χ1v) is 7.69. The van der Waals surface area contributed by atoms with Crippen LogP contribution in [0.5, 0.6) is 0 Å². The van der Waals surface area contributed by atoms with E-state index in [1.807, 2.05) is 30.3 Å². The average molecular weight is 299 g/mol. The molecule has 0 bridgehead atoms. The molecule has 22 heavy (non-hydrogen) atoms. The first-order chi connectivity index (χ1) is 10.6. The Labute approximate surface area is 131 Å². The number of benzene rings is 2. The van der Waals surface area contributed by atoms with Crippen molar-refractivity contribution >= 4 is 5.91 Å². The molecule has 1 N–H and O–H groups in total. The standard InChI is InChI=1S/C19H22FNO/c1-3-14(2)18(16-7-5-4-6-8-16)19(22)21-13-15-9-11-17(20)12-10-15/h4-12,14,18H,3,13H2,1-2H3,(H,21,22). The quantitative estimate of drug-likeness (QED) is 0.848. The van der Waals surface area contributed by atoms with Crippen molar-refractivity contribution < 1.29 is 9.18 Å². The predicted octanol–water partition coefficient (Wildman–Crippen LogP) is 4.27. The largest absolute Gasteiger partial charge is 0.351 e. The third kappa shape index (κ3) is 4.17. The number of carbonyl (C=O) groups is 1. The maximum atomic E-state index is 12.9. The molecule has 1 amide bonds. The van der Waals surface area contributed by atoms with Gasteiger partial charge in [-0.15, -0.1) is 0 Å². The molecule has 3 heteroatoms. The number of hydrogen-bond donors (Lipinski definition) is 1. The summed E-state index contributed by atoms with van der Waals surface area (Å²) in [7, 11) is 0. The van der Waals surface area contributed by atoms with Crippen molar-refractivity contribution in [1.82, 2.24) is 5.32 Å².